The van der Waals surface area contributed by atoms with E-state index >= 15 is 0 Å². The lowest BCUT2D eigenvalue weighted by Crippen LogP contribution is -2.31. The molecule has 0 bridgehead atoms. The zero-order chi connectivity index (χ0) is 13.5. The minimum Gasteiger partial charge on any atom is -0.480 e. The van der Waals surface area contributed by atoms with Crippen molar-refractivity contribution in [3.8, 4) is 0 Å². The number of hydrogen-bond donors (Lipinski definition) is 3. The lowest BCUT2D eigenvalue weighted by Gasteiger charge is -2.03. The Bertz CT molecular complexity index is 456. The Hall–Kier alpha value is -2.52. The molecule has 1 rings (SSSR count). The zero-order valence-corrected chi connectivity index (χ0v) is 9.37. The van der Waals surface area contributed by atoms with Gasteiger partial charge in [0.2, 0.25) is 11.8 Å². The molecule has 2 amide bonds. The van der Waals surface area contributed by atoms with Gasteiger partial charge >= 0.3 is 5.97 Å². The van der Waals surface area contributed by atoms with Gasteiger partial charge in [0, 0.05) is 6.42 Å². The monoisotopic (exact) mass is 256 g/mol. The second-order valence-corrected chi connectivity index (χ2v) is 3.38. The van der Waals surface area contributed by atoms with Crippen LogP contribution < -0.4 is 11.1 Å². The third-order valence-corrected chi connectivity index (χ3v) is 1.93. The largest absolute Gasteiger partial charge is 0.480 e. The first-order chi connectivity index (χ1) is 8.49. The average molecular weight is 256 g/mol. The van der Waals surface area contributed by atoms with E-state index in [1.54, 1.807) is 0 Å². The van der Waals surface area contributed by atoms with Crippen molar-refractivity contribution in [2.45, 2.75) is 19.4 Å². The fraction of sp³-hybridized carbons (Fsp3) is 0.500. The fourth-order valence-corrected chi connectivity index (χ4v) is 1.12. The molecule has 1 aromatic heterocycles. The summed E-state index contributed by atoms with van der Waals surface area (Å²) in [6.07, 6.45) is -0.117. The third kappa shape index (κ3) is 4.55. The number of aliphatic carboxylic acids is 1. The average Bonchev–Trinajstić information content (AvgIpc) is 2.71. The van der Waals surface area contributed by atoms with E-state index in [2.05, 4.69) is 20.8 Å². The number of primary amides is 1. The van der Waals surface area contributed by atoms with Crippen LogP contribution >= 0.6 is 0 Å². The summed E-state index contributed by atoms with van der Waals surface area (Å²) in [4.78, 5) is 32.2. The van der Waals surface area contributed by atoms with Gasteiger partial charge < -0.3 is 16.2 Å². The van der Waals surface area contributed by atoms with Gasteiger partial charge in [0.1, 0.15) is 6.54 Å². The van der Waals surface area contributed by atoms with Crippen LogP contribution in [0.25, 0.3) is 0 Å². The summed E-state index contributed by atoms with van der Waals surface area (Å²) in [5.41, 5.74) is 4.98. The minimum atomic E-state index is -1.14. The van der Waals surface area contributed by atoms with E-state index in [0.717, 1.165) is 0 Å². The van der Waals surface area contributed by atoms with Crippen LogP contribution in [0.5, 0.6) is 0 Å². The van der Waals surface area contributed by atoms with Crippen molar-refractivity contribution in [3.05, 3.63) is 5.82 Å². The van der Waals surface area contributed by atoms with Crippen LogP contribution in [-0.4, -0.2) is 49.6 Å². The molecule has 0 fully saturated rings. The Morgan fingerprint density at radius 3 is 2.72 bits per heavy atom. The molecular weight excluding hydrogens is 244 g/mol. The first-order valence-corrected chi connectivity index (χ1v) is 5.01. The van der Waals surface area contributed by atoms with Crippen LogP contribution in [0, 0.1) is 0 Å². The molecule has 0 aliphatic heterocycles. The maximum absolute atomic E-state index is 11.3. The molecule has 0 atom stereocenters. The standard InChI is InChI=1S/C8H12N6O4/c9-5(15)1-2-14-6(11-12-13-14)3-7(16)10-4-8(17)18/h1-4H2,(H2,9,15)(H,10,16)(H,17,18). The van der Waals surface area contributed by atoms with Crippen molar-refractivity contribution in [3.63, 3.8) is 0 Å². The molecule has 0 saturated heterocycles. The number of nitrogens with one attached hydrogen (secondary N) is 1. The zero-order valence-electron chi connectivity index (χ0n) is 9.37. The number of carboxylic acids is 1. The first-order valence-electron chi connectivity index (χ1n) is 5.01. The molecule has 18 heavy (non-hydrogen) atoms. The Morgan fingerprint density at radius 2 is 2.11 bits per heavy atom. The Morgan fingerprint density at radius 1 is 1.39 bits per heavy atom. The number of carbonyl (C=O) groups is 3. The summed E-state index contributed by atoms with van der Waals surface area (Å²) in [5, 5.41) is 21.1. The fourth-order valence-electron chi connectivity index (χ4n) is 1.12. The lowest BCUT2D eigenvalue weighted by molar-refractivity contribution is -0.137. The van der Waals surface area contributed by atoms with Gasteiger partial charge in [0.05, 0.1) is 13.0 Å². The smallest absolute Gasteiger partial charge is 0.322 e. The van der Waals surface area contributed by atoms with E-state index in [1.165, 1.54) is 4.68 Å². The van der Waals surface area contributed by atoms with Crippen LogP contribution in [0.4, 0.5) is 0 Å². The predicted octanol–water partition coefficient (Wildman–Crippen LogP) is -2.71. The molecule has 0 spiro atoms. The van der Waals surface area contributed by atoms with Gasteiger partial charge in [-0.1, -0.05) is 0 Å². The highest BCUT2D eigenvalue weighted by Gasteiger charge is 2.12. The molecule has 0 radical (unpaired) electrons. The Kier molecular flexibility index (Phi) is 4.72. The van der Waals surface area contributed by atoms with Crippen LogP contribution in [0.15, 0.2) is 0 Å². The Labute approximate surface area is 101 Å². The highest BCUT2D eigenvalue weighted by Crippen LogP contribution is 1.95. The summed E-state index contributed by atoms with van der Waals surface area (Å²) in [5.74, 6) is -1.94. The van der Waals surface area contributed by atoms with Crippen molar-refractivity contribution >= 4 is 17.8 Å². The van der Waals surface area contributed by atoms with Gasteiger partial charge in [0.25, 0.3) is 0 Å². The van der Waals surface area contributed by atoms with Crippen molar-refractivity contribution in [2.24, 2.45) is 5.73 Å². The topological polar surface area (TPSA) is 153 Å². The summed E-state index contributed by atoms with van der Waals surface area (Å²) in [7, 11) is 0. The predicted molar refractivity (Wildman–Crippen MR) is 56.0 cm³/mol. The van der Waals surface area contributed by atoms with E-state index in [4.69, 9.17) is 10.8 Å². The van der Waals surface area contributed by atoms with E-state index in [1.807, 2.05) is 0 Å². The SMILES string of the molecule is NC(=O)CCn1nnnc1CC(=O)NCC(=O)O. The van der Waals surface area contributed by atoms with Crippen LogP contribution in [0.2, 0.25) is 0 Å². The lowest BCUT2D eigenvalue weighted by atomic mass is 10.3. The molecule has 10 heteroatoms. The molecule has 0 aliphatic carbocycles. The molecule has 1 heterocycles. The van der Waals surface area contributed by atoms with Gasteiger partial charge in [-0.15, -0.1) is 5.10 Å². The molecule has 1 aromatic rings. The minimum absolute atomic E-state index is 0.0504. The summed E-state index contributed by atoms with van der Waals surface area (Å²) < 4.78 is 1.27. The summed E-state index contributed by atoms with van der Waals surface area (Å²) in [6.45, 7) is -0.300. The molecule has 0 aliphatic rings. The maximum atomic E-state index is 11.3. The number of amides is 2. The molecule has 0 unspecified atom stereocenters. The van der Waals surface area contributed by atoms with Gasteiger partial charge in [-0.3, -0.25) is 14.4 Å². The molecular formula is C8H12N6O4. The second kappa shape index (κ2) is 6.27. The number of carboxylic acid groups (broad SMARTS) is 1. The normalized spacial score (nSPS) is 10.0. The van der Waals surface area contributed by atoms with E-state index in [-0.39, 0.29) is 25.2 Å². The maximum Gasteiger partial charge on any atom is 0.322 e. The van der Waals surface area contributed by atoms with Crippen LogP contribution in [0.3, 0.4) is 0 Å². The molecule has 4 N–H and O–H groups in total. The third-order valence-electron chi connectivity index (χ3n) is 1.93. The van der Waals surface area contributed by atoms with Gasteiger partial charge in [-0.2, -0.15) is 0 Å². The number of aryl methyl sites for hydroxylation is 1. The quantitative estimate of drug-likeness (QED) is 0.479. The number of hydrogen-bond acceptors (Lipinski definition) is 6. The van der Waals surface area contributed by atoms with Gasteiger partial charge in [-0.25, -0.2) is 4.68 Å². The summed E-state index contributed by atoms with van der Waals surface area (Å²) >= 11 is 0. The number of nitrogens with zero attached hydrogens (tertiary/aromatic N) is 4. The highest BCUT2D eigenvalue weighted by atomic mass is 16.4. The number of nitrogens with two attached hydrogens (primary N) is 1. The van der Waals surface area contributed by atoms with Crippen molar-refractivity contribution < 1.29 is 19.5 Å². The first kappa shape index (κ1) is 13.5. The van der Waals surface area contributed by atoms with Crippen LogP contribution in [0.1, 0.15) is 12.2 Å². The molecule has 0 saturated carbocycles. The van der Waals surface area contributed by atoms with E-state index < -0.39 is 24.3 Å². The number of rotatable bonds is 7. The highest BCUT2D eigenvalue weighted by molar-refractivity contribution is 5.82. The number of tetrazole rings is 1. The van der Waals surface area contributed by atoms with E-state index in [0.29, 0.717) is 0 Å². The van der Waals surface area contributed by atoms with Crippen LogP contribution in [-0.2, 0) is 27.3 Å². The van der Waals surface area contributed by atoms with E-state index in [9.17, 15) is 14.4 Å². The number of carbonyl (C=O) groups excluding carboxylic acids is 2. The Balaban J connectivity index is 2.51. The van der Waals surface area contributed by atoms with Gasteiger partial charge in [0.15, 0.2) is 5.82 Å². The number of aromatic nitrogens is 4. The second-order valence-electron chi connectivity index (χ2n) is 3.38. The van der Waals surface area contributed by atoms with Crippen molar-refractivity contribution in [2.75, 3.05) is 6.54 Å². The molecule has 10 nitrogen and oxygen atoms in total. The van der Waals surface area contributed by atoms with Gasteiger partial charge in [-0.05, 0) is 10.4 Å². The van der Waals surface area contributed by atoms with Crippen molar-refractivity contribution in [1.29, 1.82) is 0 Å². The van der Waals surface area contributed by atoms with Crippen molar-refractivity contribution in [1.82, 2.24) is 25.5 Å². The molecule has 98 valence electrons. The summed E-state index contributed by atoms with van der Waals surface area (Å²) in [6, 6.07) is 0. The molecule has 0 aromatic carbocycles.